The predicted octanol–water partition coefficient (Wildman–Crippen LogP) is 5.80. The zero-order valence-corrected chi connectivity index (χ0v) is 18.1. The molecule has 0 saturated carbocycles. The molecule has 0 aliphatic heterocycles. The molecule has 0 saturated heterocycles. The fourth-order valence-electron chi connectivity index (χ4n) is 2.74. The third kappa shape index (κ3) is 4.75. The summed E-state index contributed by atoms with van der Waals surface area (Å²) >= 11 is 13.3. The van der Waals surface area contributed by atoms with Crippen LogP contribution in [-0.4, -0.2) is 24.8 Å². The molecule has 11 heteroatoms. The van der Waals surface area contributed by atoms with Crippen molar-refractivity contribution in [2.45, 2.75) is 19.1 Å². The SMILES string of the molecule is COC(COC(N)=O)c1nc2cc(F)c(OC(C)c3c(Cl)ccc(F)c3Cl)cc2s1. The summed E-state index contributed by atoms with van der Waals surface area (Å²) in [7, 11) is 1.42. The smallest absolute Gasteiger partial charge is 0.404 e. The number of amides is 1. The van der Waals surface area contributed by atoms with E-state index < -0.39 is 29.9 Å². The van der Waals surface area contributed by atoms with Crippen molar-refractivity contribution in [1.82, 2.24) is 4.98 Å². The molecule has 0 spiro atoms. The number of benzene rings is 2. The molecule has 0 aliphatic carbocycles. The molecular weight excluding hydrogens is 461 g/mol. The number of primary amides is 1. The van der Waals surface area contributed by atoms with Gasteiger partial charge >= 0.3 is 6.09 Å². The van der Waals surface area contributed by atoms with Gasteiger partial charge in [0, 0.05) is 29.8 Å². The molecule has 2 aromatic carbocycles. The molecule has 1 amide bonds. The summed E-state index contributed by atoms with van der Waals surface area (Å²) < 4.78 is 44.7. The first kappa shape index (κ1) is 22.5. The Bertz CT molecular complexity index is 1100. The van der Waals surface area contributed by atoms with Crippen LogP contribution in [0, 0.1) is 11.6 Å². The van der Waals surface area contributed by atoms with E-state index in [1.165, 1.54) is 36.6 Å². The summed E-state index contributed by atoms with van der Waals surface area (Å²) in [5.74, 6) is -1.40. The third-order valence-electron chi connectivity index (χ3n) is 4.19. The molecule has 0 aliphatic rings. The van der Waals surface area contributed by atoms with Crippen LogP contribution in [0.3, 0.4) is 0 Å². The quantitative estimate of drug-likeness (QED) is 0.435. The second kappa shape index (κ2) is 9.30. The van der Waals surface area contributed by atoms with Crippen molar-refractivity contribution in [3.63, 3.8) is 0 Å². The fraction of sp³-hybridized carbons (Fsp3) is 0.263. The predicted molar refractivity (Wildman–Crippen MR) is 110 cm³/mol. The molecule has 0 bridgehead atoms. The van der Waals surface area contributed by atoms with Gasteiger partial charge in [-0.1, -0.05) is 23.2 Å². The van der Waals surface area contributed by atoms with Crippen LogP contribution in [0.2, 0.25) is 10.0 Å². The number of nitrogens with two attached hydrogens (primary N) is 1. The summed E-state index contributed by atoms with van der Waals surface area (Å²) in [6.45, 7) is 1.45. The van der Waals surface area contributed by atoms with Gasteiger partial charge in [-0.2, -0.15) is 0 Å². The van der Waals surface area contributed by atoms with Crippen LogP contribution in [0.5, 0.6) is 5.75 Å². The number of carbonyl (C=O) groups excluding carboxylic acids is 1. The van der Waals surface area contributed by atoms with Crippen LogP contribution < -0.4 is 10.5 Å². The van der Waals surface area contributed by atoms with Crippen molar-refractivity contribution in [1.29, 1.82) is 0 Å². The van der Waals surface area contributed by atoms with Crippen LogP contribution in [-0.2, 0) is 9.47 Å². The van der Waals surface area contributed by atoms with Crippen molar-refractivity contribution in [3.05, 3.63) is 56.5 Å². The molecule has 1 aromatic heterocycles. The zero-order chi connectivity index (χ0) is 22.0. The van der Waals surface area contributed by atoms with Crippen LogP contribution in [0.1, 0.15) is 29.7 Å². The maximum absolute atomic E-state index is 14.6. The second-order valence-corrected chi connectivity index (χ2v) is 8.02. The first-order valence-electron chi connectivity index (χ1n) is 8.56. The van der Waals surface area contributed by atoms with Crippen LogP contribution in [0.4, 0.5) is 13.6 Å². The van der Waals surface area contributed by atoms with Crippen molar-refractivity contribution < 1.29 is 27.8 Å². The molecule has 2 N–H and O–H groups in total. The maximum atomic E-state index is 14.6. The van der Waals surface area contributed by atoms with Crippen LogP contribution in [0.25, 0.3) is 10.2 Å². The van der Waals surface area contributed by atoms with Gasteiger partial charge in [-0.05, 0) is 19.1 Å². The average Bonchev–Trinajstić information content (AvgIpc) is 3.08. The van der Waals surface area contributed by atoms with Crippen molar-refractivity contribution >= 4 is 50.8 Å². The molecule has 0 radical (unpaired) electrons. The van der Waals surface area contributed by atoms with Gasteiger partial charge in [-0.3, -0.25) is 0 Å². The molecule has 2 unspecified atom stereocenters. The molecule has 3 aromatic rings. The highest BCUT2D eigenvalue weighted by Gasteiger charge is 2.22. The van der Waals surface area contributed by atoms with E-state index in [2.05, 4.69) is 4.98 Å². The number of hydrogen-bond acceptors (Lipinski definition) is 6. The fourth-order valence-corrected chi connectivity index (χ4v) is 4.46. The topological polar surface area (TPSA) is 83.7 Å². The first-order chi connectivity index (χ1) is 14.2. The number of rotatable bonds is 7. The molecular formula is C19H16Cl2F2N2O4S. The van der Waals surface area contributed by atoms with E-state index in [4.69, 9.17) is 43.1 Å². The Labute approximate surface area is 184 Å². The van der Waals surface area contributed by atoms with Crippen molar-refractivity contribution in [2.24, 2.45) is 5.73 Å². The highest BCUT2D eigenvalue weighted by atomic mass is 35.5. The van der Waals surface area contributed by atoms with Gasteiger partial charge in [0.2, 0.25) is 0 Å². The minimum absolute atomic E-state index is 0.0797. The summed E-state index contributed by atoms with van der Waals surface area (Å²) in [4.78, 5) is 15.1. The van der Waals surface area contributed by atoms with Crippen LogP contribution in [0.15, 0.2) is 24.3 Å². The van der Waals surface area contributed by atoms with E-state index in [1.807, 2.05) is 0 Å². The van der Waals surface area contributed by atoms with Crippen molar-refractivity contribution in [2.75, 3.05) is 13.7 Å². The number of ether oxygens (including phenoxy) is 3. The second-order valence-electron chi connectivity index (χ2n) is 6.17. The number of carbonyl (C=O) groups is 1. The van der Waals surface area contributed by atoms with Crippen LogP contribution >= 0.6 is 34.5 Å². The van der Waals surface area contributed by atoms with E-state index in [1.54, 1.807) is 6.92 Å². The third-order valence-corrected chi connectivity index (χ3v) is 6.01. The first-order valence-corrected chi connectivity index (χ1v) is 10.1. The monoisotopic (exact) mass is 476 g/mol. The summed E-state index contributed by atoms with van der Waals surface area (Å²) in [6.07, 6.45) is -2.43. The highest BCUT2D eigenvalue weighted by molar-refractivity contribution is 7.18. The molecule has 2 atom stereocenters. The standard InChI is InChI=1S/C19H16Cl2F2N2O4S/c1-8(16-9(20)3-4-10(22)17(16)21)29-13-6-15-12(5-11(13)23)25-18(30-15)14(27-2)7-28-19(24)26/h3-6,8,14H,7H2,1-2H3,(H2,24,26). The summed E-state index contributed by atoms with van der Waals surface area (Å²) in [5, 5.41) is 0.483. The van der Waals surface area contributed by atoms with Gasteiger partial charge in [-0.25, -0.2) is 18.6 Å². The number of thiazole rings is 1. The molecule has 3 rings (SSSR count). The van der Waals surface area contributed by atoms with E-state index in [0.29, 0.717) is 15.2 Å². The molecule has 1 heterocycles. The number of halogens is 4. The largest absolute Gasteiger partial charge is 0.483 e. The van der Waals surface area contributed by atoms with Gasteiger partial charge in [0.25, 0.3) is 0 Å². The Morgan fingerprint density at radius 1 is 1.27 bits per heavy atom. The lowest BCUT2D eigenvalue weighted by Gasteiger charge is -2.18. The molecule has 30 heavy (non-hydrogen) atoms. The van der Waals surface area contributed by atoms with Gasteiger partial charge in [0.15, 0.2) is 11.6 Å². The number of aromatic nitrogens is 1. The van der Waals surface area contributed by atoms with Gasteiger partial charge in [-0.15, -0.1) is 11.3 Å². The molecule has 0 fully saturated rings. The Balaban J connectivity index is 1.90. The average molecular weight is 477 g/mol. The van der Waals surface area contributed by atoms with E-state index in [9.17, 15) is 13.6 Å². The Hall–Kier alpha value is -2.20. The lowest BCUT2D eigenvalue weighted by molar-refractivity contribution is 0.0373. The molecule has 160 valence electrons. The zero-order valence-electron chi connectivity index (χ0n) is 15.7. The van der Waals surface area contributed by atoms with E-state index in [-0.39, 0.29) is 28.0 Å². The number of hydrogen-bond donors (Lipinski definition) is 1. The lowest BCUT2D eigenvalue weighted by Crippen LogP contribution is -2.18. The summed E-state index contributed by atoms with van der Waals surface area (Å²) in [5.41, 5.74) is 5.56. The Morgan fingerprint density at radius 2 is 2.00 bits per heavy atom. The number of methoxy groups -OCH3 is 1. The summed E-state index contributed by atoms with van der Waals surface area (Å²) in [6, 6.07) is 5.16. The van der Waals surface area contributed by atoms with Gasteiger partial charge in [0.05, 0.1) is 15.2 Å². The Morgan fingerprint density at radius 3 is 2.67 bits per heavy atom. The van der Waals surface area contributed by atoms with Crippen molar-refractivity contribution in [3.8, 4) is 5.75 Å². The number of nitrogens with zero attached hydrogens (tertiary/aromatic N) is 1. The van der Waals surface area contributed by atoms with Gasteiger partial charge < -0.3 is 19.9 Å². The molecule has 6 nitrogen and oxygen atoms in total. The van der Waals surface area contributed by atoms with E-state index >= 15 is 0 Å². The minimum atomic E-state index is -0.941. The Kier molecular flexibility index (Phi) is 6.97. The lowest BCUT2D eigenvalue weighted by atomic mass is 10.1. The maximum Gasteiger partial charge on any atom is 0.404 e. The normalized spacial score (nSPS) is 13.3. The van der Waals surface area contributed by atoms with E-state index in [0.717, 1.165) is 6.07 Å². The highest BCUT2D eigenvalue weighted by Crippen LogP contribution is 2.37. The number of fused-ring (bicyclic) bond motifs is 1. The minimum Gasteiger partial charge on any atom is -0.483 e. The van der Waals surface area contributed by atoms with Gasteiger partial charge in [0.1, 0.15) is 29.6 Å².